The van der Waals surface area contributed by atoms with Crippen LogP contribution in [0.5, 0.6) is 0 Å². The van der Waals surface area contributed by atoms with Crippen molar-refractivity contribution >= 4 is 8.32 Å². The van der Waals surface area contributed by atoms with Crippen LogP contribution in [0.4, 0.5) is 0 Å². The Hall–Kier alpha value is -0.553. The summed E-state index contributed by atoms with van der Waals surface area (Å²) in [5.74, 6) is 0. The predicted molar refractivity (Wildman–Crippen MR) is 72.4 cm³/mol. The molecule has 6 heteroatoms. The lowest BCUT2D eigenvalue weighted by Crippen LogP contribution is -2.41. The molecule has 0 aromatic rings. The van der Waals surface area contributed by atoms with E-state index in [9.17, 15) is 5.11 Å². The van der Waals surface area contributed by atoms with Crippen molar-refractivity contribution in [2.75, 3.05) is 13.2 Å². The highest BCUT2D eigenvalue weighted by molar-refractivity contribution is 6.74. The first kappa shape index (κ1) is 16.4. The summed E-state index contributed by atoms with van der Waals surface area (Å²) in [6, 6.07) is 0. The maximum absolute atomic E-state index is 9.46. The number of aliphatic hydroxyl groups excluding tert-OH is 1. The second kappa shape index (κ2) is 7.01. The Labute approximate surface area is 105 Å². The SMILES string of the molecule is CC(C)(C)[Si](C)(C)OCCC[C@@H](O)CN=[N+]=[N-]. The van der Waals surface area contributed by atoms with Gasteiger partial charge >= 0.3 is 0 Å². The standard InChI is InChI=1S/C11H25N3O2Si/c1-11(2,3)17(4,5)16-8-6-7-10(15)9-13-14-12/h10,15H,6-9H2,1-5H3/t10-/m1/s1. The first-order valence-corrected chi connectivity index (χ1v) is 8.94. The third kappa shape index (κ3) is 6.68. The maximum atomic E-state index is 9.46. The highest BCUT2D eigenvalue weighted by Crippen LogP contribution is 2.36. The lowest BCUT2D eigenvalue weighted by molar-refractivity contribution is 0.158. The third-order valence-corrected chi connectivity index (χ3v) is 7.84. The number of hydrogen-bond donors (Lipinski definition) is 1. The minimum Gasteiger partial charge on any atom is -0.417 e. The molecular weight excluding hydrogens is 234 g/mol. The van der Waals surface area contributed by atoms with Gasteiger partial charge in [0.1, 0.15) is 0 Å². The Kier molecular flexibility index (Phi) is 6.78. The molecule has 0 saturated heterocycles. The Morgan fingerprint density at radius 2 is 2.00 bits per heavy atom. The number of hydrogen-bond acceptors (Lipinski definition) is 3. The fourth-order valence-corrected chi connectivity index (χ4v) is 2.17. The van der Waals surface area contributed by atoms with Crippen LogP contribution >= 0.6 is 0 Å². The molecule has 0 fully saturated rings. The molecule has 0 amide bonds. The van der Waals surface area contributed by atoms with E-state index in [1.54, 1.807) is 0 Å². The van der Waals surface area contributed by atoms with Crippen LogP contribution in [0.3, 0.4) is 0 Å². The minimum atomic E-state index is -1.67. The molecule has 1 N–H and O–H groups in total. The van der Waals surface area contributed by atoms with Crippen molar-refractivity contribution in [2.45, 2.75) is 57.8 Å². The average Bonchev–Trinajstić information content (AvgIpc) is 2.20. The monoisotopic (exact) mass is 259 g/mol. The van der Waals surface area contributed by atoms with Gasteiger partial charge in [0.05, 0.1) is 12.6 Å². The van der Waals surface area contributed by atoms with Gasteiger partial charge in [0, 0.05) is 11.5 Å². The van der Waals surface area contributed by atoms with E-state index in [0.717, 1.165) is 6.42 Å². The van der Waals surface area contributed by atoms with Gasteiger partial charge in [-0.05, 0) is 36.5 Å². The molecule has 0 radical (unpaired) electrons. The topological polar surface area (TPSA) is 78.2 Å². The fraction of sp³-hybridized carbons (Fsp3) is 1.00. The van der Waals surface area contributed by atoms with Crippen molar-refractivity contribution in [3.05, 3.63) is 10.4 Å². The van der Waals surface area contributed by atoms with Crippen LogP contribution in [0.25, 0.3) is 10.4 Å². The number of rotatable bonds is 7. The normalized spacial score (nSPS) is 14.2. The largest absolute Gasteiger partial charge is 0.417 e. The Morgan fingerprint density at radius 3 is 2.47 bits per heavy atom. The summed E-state index contributed by atoms with van der Waals surface area (Å²) < 4.78 is 5.97. The van der Waals surface area contributed by atoms with Gasteiger partial charge in [-0.15, -0.1) is 0 Å². The van der Waals surface area contributed by atoms with Gasteiger partial charge < -0.3 is 9.53 Å². The van der Waals surface area contributed by atoms with Crippen LogP contribution < -0.4 is 0 Å². The van der Waals surface area contributed by atoms with Crippen molar-refractivity contribution in [1.82, 2.24) is 0 Å². The summed E-state index contributed by atoms with van der Waals surface area (Å²) in [6.07, 6.45) is 0.872. The van der Waals surface area contributed by atoms with E-state index >= 15 is 0 Å². The lowest BCUT2D eigenvalue weighted by Gasteiger charge is -2.36. The van der Waals surface area contributed by atoms with Crippen LogP contribution in [0.15, 0.2) is 5.11 Å². The lowest BCUT2D eigenvalue weighted by atomic mass is 10.2. The molecule has 100 valence electrons. The quantitative estimate of drug-likeness (QED) is 0.250. The molecule has 1 atom stereocenters. The summed E-state index contributed by atoms with van der Waals surface area (Å²) in [5.41, 5.74) is 8.11. The molecule has 0 bridgehead atoms. The molecule has 0 heterocycles. The number of azide groups is 1. The zero-order chi connectivity index (χ0) is 13.5. The van der Waals surface area contributed by atoms with Gasteiger partial charge in [-0.3, -0.25) is 0 Å². The molecule has 0 aromatic carbocycles. The van der Waals surface area contributed by atoms with Crippen molar-refractivity contribution < 1.29 is 9.53 Å². The van der Waals surface area contributed by atoms with E-state index in [1.807, 2.05) is 0 Å². The zero-order valence-corrected chi connectivity index (χ0v) is 12.6. The van der Waals surface area contributed by atoms with Crippen molar-refractivity contribution in [3.63, 3.8) is 0 Å². The summed E-state index contributed by atoms with van der Waals surface area (Å²) in [5, 5.41) is 13.0. The number of nitrogens with zero attached hydrogens (tertiary/aromatic N) is 3. The smallest absolute Gasteiger partial charge is 0.191 e. The second-order valence-electron chi connectivity index (χ2n) is 5.82. The highest BCUT2D eigenvalue weighted by atomic mass is 28.4. The average molecular weight is 259 g/mol. The van der Waals surface area contributed by atoms with Crippen molar-refractivity contribution in [3.8, 4) is 0 Å². The fourth-order valence-electron chi connectivity index (χ4n) is 1.08. The molecule has 0 aliphatic carbocycles. The zero-order valence-electron chi connectivity index (χ0n) is 11.6. The summed E-state index contributed by atoms with van der Waals surface area (Å²) in [7, 11) is -1.67. The second-order valence-corrected chi connectivity index (χ2v) is 10.6. The summed E-state index contributed by atoms with van der Waals surface area (Å²) in [4.78, 5) is 2.62. The molecule has 0 rings (SSSR count). The Bertz CT molecular complexity index is 270. The summed E-state index contributed by atoms with van der Waals surface area (Å²) >= 11 is 0. The van der Waals surface area contributed by atoms with Gasteiger partial charge in [0.2, 0.25) is 0 Å². The molecule has 0 saturated carbocycles. The van der Waals surface area contributed by atoms with E-state index in [1.165, 1.54) is 0 Å². The van der Waals surface area contributed by atoms with Gasteiger partial charge in [-0.25, -0.2) is 0 Å². The van der Waals surface area contributed by atoms with Crippen LogP contribution in [0.2, 0.25) is 18.1 Å². The van der Waals surface area contributed by atoms with Crippen LogP contribution in [0, 0.1) is 0 Å². The van der Waals surface area contributed by atoms with Crippen LogP contribution in [-0.2, 0) is 4.43 Å². The van der Waals surface area contributed by atoms with Crippen molar-refractivity contribution in [2.24, 2.45) is 5.11 Å². The van der Waals surface area contributed by atoms with Gasteiger partial charge in [-0.1, -0.05) is 25.9 Å². The highest BCUT2D eigenvalue weighted by Gasteiger charge is 2.36. The van der Waals surface area contributed by atoms with E-state index < -0.39 is 14.4 Å². The maximum Gasteiger partial charge on any atom is 0.191 e. The predicted octanol–water partition coefficient (Wildman–Crippen LogP) is 3.46. The molecule has 0 aromatic heterocycles. The van der Waals surface area contributed by atoms with Crippen LogP contribution in [-0.4, -0.2) is 32.7 Å². The Morgan fingerprint density at radius 1 is 1.41 bits per heavy atom. The third-order valence-electron chi connectivity index (χ3n) is 3.31. The minimum absolute atomic E-state index is 0.149. The van der Waals surface area contributed by atoms with E-state index in [2.05, 4.69) is 43.9 Å². The summed E-state index contributed by atoms with van der Waals surface area (Å²) in [6.45, 7) is 11.9. The van der Waals surface area contributed by atoms with E-state index in [4.69, 9.17) is 9.96 Å². The molecule has 0 aliphatic heterocycles. The van der Waals surface area contributed by atoms with E-state index in [-0.39, 0.29) is 11.6 Å². The van der Waals surface area contributed by atoms with Crippen LogP contribution in [0.1, 0.15) is 33.6 Å². The van der Waals surface area contributed by atoms with E-state index in [0.29, 0.717) is 13.0 Å². The van der Waals surface area contributed by atoms with Gasteiger partial charge in [-0.2, -0.15) is 0 Å². The van der Waals surface area contributed by atoms with Gasteiger partial charge in [0.25, 0.3) is 0 Å². The number of aliphatic hydroxyl groups is 1. The molecular formula is C11H25N3O2Si. The molecule has 0 spiro atoms. The molecule has 17 heavy (non-hydrogen) atoms. The molecule has 0 unspecified atom stereocenters. The Balaban J connectivity index is 3.82. The first-order valence-electron chi connectivity index (χ1n) is 6.03. The van der Waals surface area contributed by atoms with Crippen molar-refractivity contribution in [1.29, 1.82) is 0 Å². The van der Waals surface area contributed by atoms with Gasteiger partial charge in [0.15, 0.2) is 8.32 Å². The molecule has 5 nitrogen and oxygen atoms in total. The molecule has 0 aliphatic rings. The first-order chi connectivity index (χ1) is 7.70.